The average Bonchev–Trinajstić information content (AvgIpc) is 3.32. The Kier molecular flexibility index (Phi) is 4.39. The first-order valence-corrected chi connectivity index (χ1v) is 8.86. The predicted molar refractivity (Wildman–Crippen MR) is 106 cm³/mol. The van der Waals surface area contributed by atoms with Gasteiger partial charge in [-0.05, 0) is 42.5 Å². The first kappa shape index (κ1) is 16.9. The first-order chi connectivity index (χ1) is 13.1. The van der Waals surface area contributed by atoms with E-state index in [-0.39, 0.29) is 5.69 Å². The van der Waals surface area contributed by atoms with Gasteiger partial charge in [0.05, 0.1) is 34.1 Å². The maximum Gasteiger partial charge on any atom is 0.271 e. The van der Waals surface area contributed by atoms with Gasteiger partial charge >= 0.3 is 0 Å². The van der Waals surface area contributed by atoms with Crippen molar-refractivity contribution in [3.8, 4) is 17.0 Å². The smallest absolute Gasteiger partial charge is 0.271 e. The molecule has 0 saturated carbocycles. The molecule has 0 unspecified atom stereocenters. The summed E-state index contributed by atoms with van der Waals surface area (Å²) in [6.45, 7) is 0. The second kappa shape index (κ2) is 7.00. The van der Waals surface area contributed by atoms with Gasteiger partial charge in [-0.1, -0.05) is 0 Å². The van der Waals surface area contributed by atoms with Crippen molar-refractivity contribution in [1.82, 2.24) is 15.2 Å². The number of non-ortho nitro benzene ring substituents is 1. The van der Waals surface area contributed by atoms with Crippen LogP contribution in [-0.4, -0.2) is 27.2 Å². The van der Waals surface area contributed by atoms with Crippen LogP contribution in [0, 0.1) is 10.1 Å². The number of fused-ring (bicyclic) bond motifs is 1. The van der Waals surface area contributed by atoms with E-state index in [0.717, 1.165) is 32.3 Å². The van der Waals surface area contributed by atoms with Gasteiger partial charge in [-0.25, -0.2) is 4.98 Å². The van der Waals surface area contributed by atoms with Crippen LogP contribution in [0.4, 0.5) is 5.69 Å². The minimum atomic E-state index is -0.416. The van der Waals surface area contributed by atoms with Crippen molar-refractivity contribution in [3.63, 3.8) is 0 Å². The third kappa shape index (κ3) is 3.42. The number of H-pyrrole nitrogens is 1. The van der Waals surface area contributed by atoms with Gasteiger partial charge in [0.15, 0.2) is 0 Å². The summed E-state index contributed by atoms with van der Waals surface area (Å²) in [5.41, 5.74) is 3.47. The highest BCUT2D eigenvalue weighted by Crippen LogP contribution is 2.28. The molecule has 0 spiro atoms. The lowest BCUT2D eigenvalue weighted by Crippen LogP contribution is -1.86. The molecule has 0 aliphatic carbocycles. The van der Waals surface area contributed by atoms with Gasteiger partial charge in [-0.15, -0.1) is 11.3 Å². The van der Waals surface area contributed by atoms with E-state index >= 15 is 0 Å². The minimum Gasteiger partial charge on any atom is -0.497 e. The molecule has 2 heterocycles. The fourth-order valence-corrected chi connectivity index (χ4v) is 3.54. The summed E-state index contributed by atoms with van der Waals surface area (Å²) < 4.78 is 6.09. The fraction of sp³-hybridized carbons (Fsp3) is 0.0526. The summed E-state index contributed by atoms with van der Waals surface area (Å²) in [7, 11) is 1.63. The number of aromatic amines is 1. The zero-order chi connectivity index (χ0) is 18.8. The fourth-order valence-electron chi connectivity index (χ4n) is 2.69. The molecule has 0 saturated heterocycles. The van der Waals surface area contributed by atoms with Crippen molar-refractivity contribution in [3.05, 3.63) is 69.3 Å². The van der Waals surface area contributed by atoms with Crippen LogP contribution in [-0.2, 0) is 0 Å². The largest absolute Gasteiger partial charge is 0.497 e. The molecule has 0 aliphatic rings. The van der Waals surface area contributed by atoms with E-state index in [1.807, 2.05) is 36.4 Å². The van der Waals surface area contributed by atoms with Crippen LogP contribution in [0.25, 0.3) is 33.6 Å². The number of nitro benzene ring substituents is 1. The summed E-state index contributed by atoms with van der Waals surface area (Å²) in [6, 6.07) is 12.4. The van der Waals surface area contributed by atoms with E-state index in [0.29, 0.717) is 5.52 Å². The molecule has 27 heavy (non-hydrogen) atoms. The topological polar surface area (TPSA) is 93.9 Å². The van der Waals surface area contributed by atoms with E-state index in [2.05, 4.69) is 15.2 Å². The Hall–Kier alpha value is -3.52. The summed E-state index contributed by atoms with van der Waals surface area (Å²) in [5, 5.41) is 18.8. The van der Waals surface area contributed by atoms with Crippen LogP contribution in [0.3, 0.4) is 0 Å². The van der Waals surface area contributed by atoms with Crippen LogP contribution in [0.1, 0.15) is 10.6 Å². The number of benzene rings is 2. The molecule has 134 valence electrons. The molecule has 0 atom stereocenters. The number of hydrogen-bond donors (Lipinski definition) is 1. The van der Waals surface area contributed by atoms with Crippen molar-refractivity contribution in [2.45, 2.75) is 0 Å². The molecule has 2 aromatic carbocycles. The molecule has 1 N–H and O–H groups in total. The predicted octanol–water partition coefficient (Wildman–Crippen LogP) is 4.77. The number of ether oxygens (including phenoxy) is 1. The lowest BCUT2D eigenvalue weighted by atomic mass is 10.1. The molecule has 8 heteroatoms. The number of nitrogens with one attached hydrogen (secondary N) is 1. The van der Waals surface area contributed by atoms with Gasteiger partial charge < -0.3 is 4.74 Å². The zero-order valence-electron chi connectivity index (χ0n) is 14.2. The molecule has 0 bridgehead atoms. The lowest BCUT2D eigenvalue weighted by molar-refractivity contribution is -0.384. The second-order valence-corrected chi connectivity index (χ2v) is 6.79. The number of aromatic nitrogens is 3. The van der Waals surface area contributed by atoms with Gasteiger partial charge in [0.25, 0.3) is 5.69 Å². The number of nitro groups is 1. The normalized spacial score (nSPS) is 11.3. The molecular formula is C19H14N4O3S. The quantitative estimate of drug-likeness (QED) is 0.399. The molecule has 2 aromatic heterocycles. The van der Waals surface area contributed by atoms with E-state index < -0.39 is 4.92 Å². The Morgan fingerprint density at radius 3 is 2.74 bits per heavy atom. The van der Waals surface area contributed by atoms with Crippen molar-refractivity contribution in [2.75, 3.05) is 7.11 Å². The van der Waals surface area contributed by atoms with Crippen molar-refractivity contribution in [1.29, 1.82) is 0 Å². The first-order valence-electron chi connectivity index (χ1n) is 8.05. The highest BCUT2D eigenvalue weighted by Gasteiger charge is 2.10. The van der Waals surface area contributed by atoms with Gasteiger partial charge in [0.1, 0.15) is 10.8 Å². The van der Waals surface area contributed by atoms with Crippen LogP contribution >= 0.6 is 11.3 Å². The van der Waals surface area contributed by atoms with Crippen LogP contribution in [0.5, 0.6) is 5.75 Å². The summed E-state index contributed by atoms with van der Waals surface area (Å²) >= 11 is 1.48. The highest BCUT2D eigenvalue weighted by atomic mass is 32.1. The Morgan fingerprint density at radius 1 is 1.19 bits per heavy atom. The molecule has 7 nitrogen and oxygen atoms in total. The standard InChI is InChI=1S/C19H14N4O3S/c1-26-15-6-2-12(3-7-15)19-13(11-20-22-19)4-9-18-21-16-10-14(23(24)25)5-8-17(16)27-18/h2-11H,1H3,(H,20,22)/b9-4+. The summed E-state index contributed by atoms with van der Waals surface area (Å²) in [4.78, 5) is 14.9. The maximum absolute atomic E-state index is 10.9. The third-order valence-corrected chi connectivity index (χ3v) is 5.05. The van der Waals surface area contributed by atoms with Gasteiger partial charge in [-0.3, -0.25) is 15.2 Å². The number of nitrogens with zero attached hydrogens (tertiary/aromatic N) is 3. The monoisotopic (exact) mass is 378 g/mol. The van der Waals surface area contributed by atoms with Gasteiger partial charge in [0.2, 0.25) is 0 Å². The molecule has 4 rings (SSSR count). The molecular weight excluding hydrogens is 364 g/mol. The third-order valence-electron chi connectivity index (χ3n) is 4.05. The van der Waals surface area contributed by atoms with Gasteiger partial charge in [-0.2, -0.15) is 5.10 Å². The SMILES string of the molecule is COc1ccc(-c2[nH]ncc2/C=C/c2nc3cc([N+](=O)[O-])ccc3s2)cc1. The number of hydrogen-bond acceptors (Lipinski definition) is 6. The Bertz CT molecular complexity index is 1150. The van der Waals surface area contributed by atoms with Crippen LogP contribution < -0.4 is 4.74 Å². The van der Waals surface area contributed by atoms with E-state index in [1.165, 1.54) is 23.5 Å². The van der Waals surface area contributed by atoms with Crippen molar-refractivity contribution < 1.29 is 9.66 Å². The van der Waals surface area contributed by atoms with E-state index in [4.69, 9.17) is 4.74 Å². The Labute approximate surface area is 158 Å². The summed E-state index contributed by atoms with van der Waals surface area (Å²) in [5.74, 6) is 0.791. The second-order valence-electron chi connectivity index (χ2n) is 5.72. The van der Waals surface area contributed by atoms with Crippen LogP contribution in [0.2, 0.25) is 0 Å². The lowest BCUT2D eigenvalue weighted by Gasteiger charge is -2.02. The molecule has 0 aliphatic heterocycles. The van der Waals surface area contributed by atoms with Crippen LogP contribution in [0.15, 0.2) is 48.7 Å². The summed E-state index contributed by atoms with van der Waals surface area (Å²) in [6.07, 6.45) is 5.55. The highest BCUT2D eigenvalue weighted by molar-refractivity contribution is 7.19. The van der Waals surface area contributed by atoms with Crippen molar-refractivity contribution in [2.24, 2.45) is 0 Å². The average molecular weight is 378 g/mol. The van der Waals surface area contributed by atoms with E-state index in [9.17, 15) is 10.1 Å². The Balaban J connectivity index is 1.62. The van der Waals surface area contributed by atoms with Crippen molar-refractivity contribution >= 4 is 39.4 Å². The number of methoxy groups -OCH3 is 1. The maximum atomic E-state index is 10.9. The minimum absolute atomic E-state index is 0.0416. The van der Waals surface area contributed by atoms with Gasteiger partial charge in [0, 0.05) is 23.3 Å². The Morgan fingerprint density at radius 2 is 2.00 bits per heavy atom. The zero-order valence-corrected chi connectivity index (χ0v) is 15.1. The molecule has 0 amide bonds. The van der Waals surface area contributed by atoms with E-state index in [1.54, 1.807) is 19.4 Å². The molecule has 0 fully saturated rings. The number of thiazole rings is 1. The molecule has 0 radical (unpaired) electrons. The molecule has 4 aromatic rings. The number of rotatable bonds is 5.